The second kappa shape index (κ2) is 7.43. The maximum Gasteiger partial charge on any atom is 0.160 e. The summed E-state index contributed by atoms with van der Waals surface area (Å²) in [6, 6.07) is 10.2. The molecule has 0 aromatic heterocycles. The normalized spacial score (nSPS) is 25.2. The Bertz CT molecular complexity index is 775. The first-order valence-corrected chi connectivity index (χ1v) is 8.50. The third-order valence-electron chi connectivity index (χ3n) is 5.11. The zero-order valence-electron chi connectivity index (χ0n) is 15.0. The molecule has 0 saturated carbocycles. The third-order valence-corrected chi connectivity index (χ3v) is 5.11. The molecule has 1 fully saturated rings. The number of aliphatic hydroxyl groups is 1. The average Bonchev–Trinajstić information content (AvgIpc) is 2.99. The Morgan fingerprint density at radius 3 is 1.85 bits per heavy atom. The van der Waals surface area contributed by atoms with Crippen LogP contribution in [0.25, 0.3) is 0 Å². The van der Waals surface area contributed by atoms with E-state index in [1.807, 2.05) is 6.92 Å². The van der Waals surface area contributed by atoms with E-state index in [9.17, 15) is 15.3 Å². The van der Waals surface area contributed by atoms with Crippen LogP contribution in [0.2, 0.25) is 0 Å². The topological polar surface area (TPSA) is 88.4 Å². The molecule has 1 aliphatic rings. The van der Waals surface area contributed by atoms with Gasteiger partial charge in [-0.25, -0.2) is 0 Å². The molecule has 1 aliphatic heterocycles. The lowest BCUT2D eigenvalue weighted by molar-refractivity contribution is 0.0220. The number of hydrogen-bond donors (Lipinski definition) is 3. The standard InChI is InChI=1S/C20H24O6/c1-11-14(10-21)20(13-5-7-16(23)18(9-13)25-3)26-19(11)12-4-6-15(22)17(8-12)24-2/h4-9,11,14,19-23H,10H2,1-3H3/t11-,14-,19-,20-/m0/s1. The van der Waals surface area contributed by atoms with Gasteiger partial charge in [0.25, 0.3) is 0 Å². The Kier molecular flexibility index (Phi) is 5.25. The summed E-state index contributed by atoms with van der Waals surface area (Å²) in [7, 11) is 2.99. The van der Waals surface area contributed by atoms with Crippen LogP contribution in [-0.4, -0.2) is 36.1 Å². The first kappa shape index (κ1) is 18.4. The van der Waals surface area contributed by atoms with E-state index in [2.05, 4.69) is 0 Å². The summed E-state index contributed by atoms with van der Waals surface area (Å²) < 4.78 is 16.7. The van der Waals surface area contributed by atoms with Crippen LogP contribution in [-0.2, 0) is 4.74 Å². The van der Waals surface area contributed by atoms with Crippen LogP contribution < -0.4 is 9.47 Å². The number of aliphatic hydroxyl groups excluding tert-OH is 1. The fraction of sp³-hybridized carbons (Fsp3) is 0.400. The number of phenols is 2. The highest BCUT2D eigenvalue weighted by molar-refractivity contribution is 5.44. The van der Waals surface area contributed by atoms with Gasteiger partial charge in [-0.05, 0) is 41.3 Å². The minimum atomic E-state index is -0.339. The van der Waals surface area contributed by atoms with Crippen molar-refractivity contribution in [2.24, 2.45) is 11.8 Å². The van der Waals surface area contributed by atoms with Crippen LogP contribution >= 0.6 is 0 Å². The van der Waals surface area contributed by atoms with Crippen LogP contribution in [0.5, 0.6) is 23.0 Å². The van der Waals surface area contributed by atoms with Gasteiger partial charge in [0.1, 0.15) is 0 Å². The Labute approximate surface area is 152 Å². The van der Waals surface area contributed by atoms with E-state index in [0.29, 0.717) is 11.5 Å². The largest absolute Gasteiger partial charge is 0.504 e. The van der Waals surface area contributed by atoms with Gasteiger partial charge in [0.2, 0.25) is 0 Å². The second-order valence-corrected chi connectivity index (χ2v) is 6.55. The van der Waals surface area contributed by atoms with Gasteiger partial charge in [-0.3, -0.25) is 0 Å². The first-order valence-electron chi connectivity index (χ1n) is 8.50. The summed E-state index contributed by atoms with van der Waals surface area (Å²) in [5.74, 6) is 0.801. The van der Waals surface area contributed by atoms with Gasteiger partial charge in [-0.2, -0.15) is 0 Å². The van der Waals surface area contributed by atoms with E-state index in [-0.39, 0.29) is 42.1 Å². The number of aromatic hydroxyl groups is 2. The highest BCUT2D eigenvalue weighted by atomic mass is 16.5. The molecule has 0 radical (unpaired) electrons. The minimum Gasteiger partial charge on any atom is -0.504 e. The Balaban J connectivity index is 1.94. The lowest BCUT2D eigenvalue weighted by atomic mass is 9.84. The van der Waals surface area contributed by atoms with Crippen LogP contribution in [0.4, 0.5) is 0 Å². The van der Waals surface area contributed by atoms with E-state index >= 15 is 0 Å². The third kappa shape index (κ3) is 3.18. The van der Waals surface area contributed by atoms with Gasteiger partial charge in [-0.15, -0.1) is 0 Å². The summed E-state index contributed by atoms with van der Waals surface area (Å²) in [5.41, 5.74) is 1.71. The fourth-order valence-corrected chi connectivity index (χ4v) is 3.60. The van der Waals surface area contributed by atoms with Gasteiger partial charge < -0.3 is 29.5 Å². The fourth-order valence-electron chi connectivity index (χ4n) is 3.60. The smallest absolute Gasteiger partial charge is 0.160 e. The highest BCUT2D eigenvalue weighted by Crippen LogP contribution is 2.50. The van der Waals surface area contributed by atoms with Gasteiger partial charge in [-0.1, -0.05) is 19.1 Å². The van der Waals surface area contributed by atoms with Gasteiger partial charge >= 0.3 is 0 Å². The van der Waals surface area contributed by atoms with Crippen molar-refractivity contribution in [3.8, 4) is 23.0 Å². The summed E-state index contributed by atoms with van der Waals surface area (Å²) >= 11 is 0. The summed E-state index contributed by atoms with van der Waals surface area (Å²) in [5, 5.41) is 29.6. The van der Waals surface area contributed by atoms with E-state index in [0.717, 1.165) is 11.1 Å². The van der Waals surface area contributed by atoms with Crippen LogP contribution in [0.1, 0.15) is 30.3 Å². The van der Waals surface area contributed by atoms with Crippen molar-refractivity contribution in [2.75, 3.05) is 20.8 Å². The maximum atomic E-state index is 9.93. The Morgan fingerprint density at radius 2 is 1.38 bits per heavy atom. The molecule has 0 spiro atoms. The molecule has 0 aliphatic carbocycles. The van der Waals surface area contributed by atoms with Gasteiger partial charge in [0.15, 0.2) is 23.0 Å². The molecule has 140 valence electrons. The van der Waals surface area contributed by atoms with Crippen molar-refractivity contribution in [3.05, 3.63) is 47.5 Å². The number of ether oxygens (including phenoxy) is 3. The predicted octanol–water partition coefficient (Wildman–Crippen LogP) is 3.17. The number of benzene rings is 2. The molecule has 4 atom stereocenters. The summed E-state index contributed by atoms with van der Waals surface area (Å²) in [6.07, 6.45) is -0.597. The second-order valence-electron chi connectivity index (χ2n) is 6.55. The molecular formula is C20H24O6. The SMILES string of the molecule is COc1cc([C@H]2O[C@@H](c3ccc(O)c(OC)c3)[C@@H](CO)[C@@H]2C)ccc1O. The molecule has 2 aromatic rings. The van der Waals surface area contributed by atoms with Crippen molar-refractivity contribution >= 4 is 0 Å². The molecular weight excluding hydrogens is 336 g/mol. The molecule has 2 aromatic carbocycles. The molecule has 1 saturated heterocycles. The minimum absolute atomic E-state index is 0.0270. The average molecular weight is 360 g/mol. The lowest BCUT2D eigenvalue weighted by Gasteiger charge is -2.19. The molecule has 3 rings (SSSR count). The van der Waals surface area contributed by atoms with Crippen LogP contribution in [0.3, 0.4) is 0 Å². The van der Waals surface area contributed by atoms with Crippen molar-refractivity contribution in [3.63, 3.8) is 0 Å². The van der Waals surface area contributed by atoms with Crippen molar-refractivity contribution in [1.82, 2.24) is 0 Å². The molecule has 0 amide bonds. The molecule has 6 nitrogen and oxygen atoms in total. The zero-order valence-corrected chi connectivity index (χ0v) is 15.0. The Morgan fingerprint density at radius 1 is 0.885 bits per heavy atom. The maximum absolute atomic E-state index is 9.93. The zero-order chi connectivity index (χ0) is 18.8. The number of methoxy groups -OCH3 is 2. The molecule has 3 N–H and O–H groups in total. The first-order chi connectivity index (χ1) is 12.5. The number of phenolic OH excluding ortho intramolecular Hbond substituents is 2. The molecule has 26 heavy (non-hydrogen) atoms. The van der Waals surface area contributed by atoms with E-state index in [1.54, 1.807) is 36.4 Å². The molecule has 0 unspecified atom stereocenters. The lowest BCUT2D eigenvalue weighted by Crippen LogP contribution is -2.17. The monoisotopic (exact) mass is 360 g/mol. The number of rotatable bonds is 5. The van der Waals surface area contributed by atoms with Crippen LogP contribution in [0.15, 0.2) is 36.4 Å². The van der Waals surface area contributed by atoms with Crippen LogP contribution in [0, 0.1) is 11.8 Å². The Hall–Kier alpha value is -2.44. The molecule has 6 heteroatoms. The summed E-state index contributed by atoms with van der Waals surface area (Å²) in [6.45, 7) is 2.00. The molecule has 1 heterocycles. The van der Waals surface area contributed by atoms with Crippen molar-refractivity contribution in [2.45, 2.75) is 19.1 Å². The quantitative estimate of drug-likeness (QED) is 0.759. The van der Waals surface area contributed by atoms with Crippen molar-refractivity contribution in [1.29, 1.82) is 0 Å². The number of hydrogen-bond acceptors (Lipinski definition) is 6. The van der Waals surface area contributed by atoms with Gasteiger partial charge in [0, 0.05) is 12.5 Å². The van der Waals surface area contributed by atoms with E-state index in [1.165, 1.54) is 14.2 Å². The van der Waals surface area contributed by atoms with Crippen molar-refractivity contribution < 1.29 is 29.5 Å². The summed E-state index contributed by atoms with van der Waals surface area (Å²) in [4.78, 5) is 0. The molecule has 0 bridgehead atoms. The highest BCUT2D eigenvalue weighted by Gasteiger charge is 2.43. The van der Waals surface area contributed by atoms with Gasteiger partial charge in [0.05, 0.1) is 26.4 Å². The predicted molar refractivity (Wildman–Crippen MR) is 95.6 cm³/mol. The van der Waals surface area contributed by atoms with E-state index < -0.39 is 0 Å². The van der Waals surface area contributed by atoms with E-state index in [4.69, 9.17) is 14.2 Å².